The average Bonchev–Trinajstić information content (AvgIpc) is 3.35. The molecule has 2 aliphatic heterocycles. The average molecular weight is 472 g/mol. The molecule has 2 unspecified atom stereocenters. The number of hydrogen-bond acceptors (Lipinski definition) is 5. The maximum Gasteiger partial charge on any atom is 0.433 e. The minimum atomic E-state index is -4.87. The predicted molar refractivity (Wildman–Crippen MR) is 101 cm³/mol. The second-order valence-electron chi connectivity index (χ2n) is 8.93. The molecule has 0 amide bonds. The number of allylic oxidation sites excluding steroid dienone is 4. The summed E-state index contributed by atoms with van der Waals surface area (Å²) in [5.41, 5.74) is -5.52. The van der Waals surface area contributed by atoms with E-state index in [-0.39, 0.29) is 43.4 Å². The number of ether oxygens (including phenoxy) is 1. The molecule has 2 atom stereocenters. The minimum Gasteiger partial charge on any atom is -0.449 e. The van der Waals surface area contributed by atoms with Crippen molar-refractivity contribution in [3.63, 3.8) is 0 Å². The van der Waals surface area contributed by atoms with Crippen LogP contribution in [0.15, 0.2) is 29.9 Å². The van der Waals surface area contributed by atoms with Crippen LogP contribution >= 0.6 is 0 Å². The third-order valence-corrected chi connectivity index (χ3v) is 7.00. The highest BCUT2D eigenvalue weighted by molar-refractivity contribution is 6.10. The third-order valence-electron chi connectivity index (χ3n) is 7.00. The number of Topliss-reactive ketones (excluding diaryl/α,β-unsaturated/α-hetero) is 1. The summed E-state index contributed by atoms with van der Waals surface area (Å²) >= 11 is 0. The topological polar surface area (TPSA) is 68.3 Å². The molecule has 33 heavy (non-hydrogen) atoms. The molecule has 5 rings (SSSR count). The summed E-state index contributed by atoms with van der Waals surface area (Å²) in [4.78, 5) is 29.8. The van der Waals surface area contributed by atoms with E-state index in [1.165, 1.54) is 6.08 Å². The number of hydrogen-bond donors (Lipinski definition) is 1. The van der Waals surface area contributed by atoms with Gasteiger partial charge in [-0.15, -0.1) is 0 Å². The van der Waals surface area contributed by atoms with Crippen molar-refractivity contribution in [1.82, 2.24) is 10.3 Å². The van der Waals surface area contributed by atoms with Crippen LogP contribution < -0.4 is 5.32 Å². The Morgan fingerprint density at radius 1 is 1.12 bits per heavy atom. The second-order valence-corrected chi connectivity index (χ2v) is 8.93. The normalized spacial score (nSPS) is 28.0. The Balaban J connectivity index is 1.57. The summed E-state index contributed by atoms with van der Waals surface area (Å²) in [7, 11) is 0. The second kappa shape index (κ2) is 6.91. The molecular formula is C22H18F6N2O3. The van der Waals surface area contributed by atoms with Crippen molar-refractivity contribution in [2.75, 3.05) is 13.1 Å². The molecule has 2 fully saturated rings. The number of fused-ring (bicyclic) bond motifs is 2. The fraction of sp³-hybridized carbons (Fsp3) is 0.500. The van der Waals surface area contributed by atoms with Gasteiger partial charge in [-0.25, -0.2) is 9.78 Å². The van der Waals surface area contributed by atoms with Crippen LogP contribution in [-0.4, -0.2) is 36.0 Å². The molecule has 1 saturated carbocycles. The molecular weight excluding hydrogens is 454 g/mol. The van der Waals surface area contributed by atoms with E-state index in [2.05, 4.69) is 10.3 Å². The maximum absolute atomic E-state index is 13.7. The van der Waals surface area contributed by atoms with E-state index < -0.39 is 58.0 Å². The number of nitrogens with zero attached hydrogens (tertiary/aromatic N) is 1. The largest absolute Gasteiger partial charge is 0.449 e. The number of carbonyl (C=O) groups excluding carboxylic acids is 2. The lowest BCUT2D eigenvalue weighted by atomic mass is 9.77. The first kappa shape index (κ1) is 22.1. The standard InChI is InChI=1S/C22H18F6N2O3/c23-21(24,25)12-3-1-11(2-4-12)19(5-6-19)17(31)16-15-13(9-14(30-16)22(26,27)28)20(33-18(15)32)7-8-29-10-20/h1,3-4,9,11,29H,2,5-8,10H2. The molecule has 0 bridgehead atoms. The maximum atomic E-state index is 13.7. The number of rotatable bonds is 3. The number of pyridine rings is 1. The lowest BCUT2D eigenvalue weighted by molar-refractivity contribution is -0.141. The van der Waals surface area contributed by atoms with Gasteiger partial charge >= 0.3 is 18.3 Å². The zero-order valence-corrected chi connectivity index (χ0v) is 17.1. The van der Waals surface area contributed by atoms with E-state index >= 15 is 0 Å². The molecule has 2 aliphatic carbocycles. The van der Waals surface area contributed by atoms with Crippen molar-refractivity contribution in [2.45, 2.75) is 43.6 Å². The number of alkyl halides is 6. The number of halogens is 6. The molecule has 11 heteroatoms. The summed E-state index contributed by atoms with van der Waals surface area (Å²) in [5, 5.41) is 2.96. The molecule has 1 aromatic heterocycles. The van der Waals surface area contributed by atoms with E-state index in [0.29, 0.717) is 6.54 Å². The molecule has 1 N–H and O–H groups in total. The van der Waals surface area contributed by atoms with Gasteiger partial charge in [-0.1, -0.05) is 18.2 Å². The fourth-order valence-electron chi connectivity index (χ4n) is 5.07. The van der Waals surface area contributed by atoms with Crippen LogP contribution in [0.5, 0.6) is 0 Å². The quantitative estimate of drug-likeness (QED) is 0.399. The SMILES string of the molecule is O=C1OC2(CCNC2)c2cc(C(F)(F)F)nc(C(=O)C3(C4C=CC(C(F)(F)F)=CC4)CC3)c21. The third kappa shape index (κ3) is 3.39. The van der Waals surface area contributed by atoms with Crippen molar-refractivity contribution >= 4 is 11.8 Å². The number of esters is 1. The molecule has 1 spiro atoms. The molecule has 0 aromatic carbocycles. The van der Waals surface area contributed by atoms with E-state index in [0.717, 1.165) is 18.2 Å². The number of nitrogens with one attached hydrogen (secondary N) is 1. The molecule has 0 radical (unpaired) electrons. The van der Waals surface area contributed by atoms with Crippen LogP contribution in [0.2, 0.25) is 0 Å². The molecule has 1 saturated heterocycles. The highest BCUT2D eigenvalue weighted by Crippen LogP contribution is 2.58. The Kier molecular flexibility index (Phi) is 4.63. The van der Waals surface area contributed by atoms with Gasteiger partial charge in [0.05, 0.1) is 11.1 Å². The van der Waals surface area contributed by atoms with Gasteiger partial charge in [-0.2, -0.15) is 26.3 Å². The Morgan fingerprint density at radius 3 is 2.36 bits per heavy atom. The van der Waals surface area contributed by atoms with Crippen molar-refractivity contribution in [2.24, 2.45) is 11.3 Å². The lowest BCUT2D eigenvalue weighted by Crippen LogP contribution is -2.30. The highest BCUT2D eigenvalue weighted by Gasteiger charge is 2.58. The van der Waals surface area contributed by atoms with Crippen molar-refractivity contribution in [3.8, 4) is 0 Å². The van der Waals surface area contributed by atoms with Crippen LogP contribution in [-0.2, 0) is 16.5 Å². The summed E-state index contributed by atoms with van der Waals surface area (Å²) in [6.45, 7) is 0.534. The van der Waals surface area contributed by atoms with Gasteiger partial charge in [0, 0.05) is 23.9 Å². The van der Waals surface area contributed by atoms with Crippen LogP contribution in [0.1, 0.15) is 57.8 Å². The van der Waals surface area contributed by atoms with Gasteiger partial charge < -0.3 is 10.1 Å². The summed E-state index contributed by atoms with van der Waals surface area (Å²) < 4.78 is 85.2. The van der Waals surface area contributed by atoms with Crippen molar-refractivity contribution in [3.05, 3.63) is 52.4 Å². The zero-order chi connectivity index (χ0) is 23.8. The lowest BCUT2D eigenvalue weighted by Gasteiger charge is -2.26. The van der Waals surface area contributed by atoms with Gasteiger partial charge in [0.25, 0.3) is 0 Å². The van der Waals surface area contributed by atoms with Crippen LogP contribution in [0.3, 0.4) is 0 Å². The zero-order valence-electron chi connectivity index (χ0n) is 17.1. The molecule has 4 aliphatic rings. The van der Waals surface area contributed by atoms with E-state index in [9.17, 15) is 35.9 Å². The van der Waals surface area contributed by atoms with Gasteiger partial charge in [0.2, 0.25) is 0 Å². The van der Waals surface area contributed by atoms with Crippen molar-refractivity contribution in [1.29, 1.82) is 0 Å². The first-order valence-electron chi connectivity index (χ1n) is 10.4. The Hall–Kier alpha value is -2.69. The fourth-order valence-corrected chi connectivity index (χ4v) is 5.07. The van der Waals surface area contributed by atoms with Gasteiger partial charge in [-0.3, -0.25) is 4.79 Å². The smallest absolute Gasteiger partial charge is 0.433 e. The Bertz CT molecular complexity index is 1110. The summed E-state index contributed by atoms with van der Waals surface area (Å²) in [6.07, 6.45) is -5.52. The van der Waals surface area contributed by atoms with Gasteiger partial charge in [0.1, 0.15) is 11.4 Å². The summed E-state index contributed by atoms with van der Waals surface area (Å²) in [5.74, 6) is -2.31. The number of carbonyl (C=O) groups is 2. The first-order valence-corrected chi connectivity index (χ1v) is 10.4. The van der Waals surface area contributed by atoms with Crippen LogP contribution in [0.25, 0.3) is 0 Å². The first-order chi connectivity index (χ1) is 15.4. The number of aromatic nitrogens is 1. The minimum absolute atomic E-state index is 0.0163. The van der Waals surface area contributed by atoms with E-state index in [1.807, 2.05) is 0 Å². The molecule has 5 nitrogen and oxygen atoms in total. The Morgan fingerprint density at radius 2 is 1.85 bits per heavy atom. The van der Waals surface area contributed by atoms with Crippen LogP contribution in [0.4, 0.5) is 26.3 Å². The van der Waals surface area contributed by atoms with E-state index in [1.54, 1.807) is 0 Å². The van der Waals surface area contributed by atoms with Crippen molar-refractivity contribution < 1.29 is 40.7 Å². The van der Waals surface area contributed by atoms with Gasteiger partial charge in [-0.05, 0) is 37.8 Å². The number of ketones is 1. The predicted octanol–water partition coefficient (Wildman–Crippen LogP) is 4.49. The summed E-state index contributed by atoms with van der Waals surface area (Å²) in [6, 6.07) is 0.766. The molecule has 3 heterocycles. The molecule has 1 aromatic rings. The Labute approximate surface area is 183 Å². The molecule has 176 valence electrons. The highest BCUT2D eigenvalue weighted by atomic mass is 19.4. The van der Waals surface area contributed by atoms with Gasteiger partial charge in [0.15, 0.2) is 11.4 Å². The van der Waals surface area contributed by atoms with E-state index in [4.69, 9.17) is 4.74 Å². The van der Waals surface area contributed by atoms with Crippen LogP contribution in [0, 0.1) is 11.3 Å². The monoisotopic (exact) mass is 472 g/mol.